The predicted octanol–water partition coefficient (Wildman–Crippen LogP) is 5.71. The van der Waals surface area contributed by atoms with Crippen LogP contribution in [0.2, 0.25) is 0 Å². The number of Topliss-reactive ketones (excluding diaryl/α,β-unsaturated/α-hetero) is 1. The van der Waals surface area contributed by atoms with Gasteiger partial charge in [-0.25, -0.2) is 0 Å². The third-order valence-electron chi connectivity index (χ3n) is 3.67. The molecule has 0 aliphatic carbocycles. The molecule has 0 heterocycles. The minimum Gasteiger partial charge on any atom is -0.293 e. The molecular weight excluding hydrogens is 300 g/mol. The van der Waals surface area contributed by atoms with Crippen molar-refractivity contribution >= 4 is 17.5 Å². The molecule has 0 aromatic heterocycles. The number of ketones is 1. The van der Waals surface area contributed by atoms with E-state index < -0.39 is 0 Å². The quantitative estimate of drug-likeness (QED) is 0.442. The molecule has 3 aromatic rings. The molecule has 2 heteroatoms. The van der Waals surface area contributed by atoms with Gasteiger partial charge in [-0.3, -0.25) is 4.79 Å². The highest BCUT2D eigenvalue weighted by Crippen LogP contribution is 2.37. The van der Waals surface area contributed by atoms with Gasteiger partial charge in [-0.2, -0.15) is 0 Å². The van der Waals surface area contributed by atoms with E-state index >= 15 is 0 Å². The first-order valence-corrected chi connectivity index (χ1v) is 8.49. The molecular formula is C21H18OS. The SMILES string of the molecule is Cc1ccc(S[C@H](C(=O)c2ccccc2)c2ccccc2)cc1. The van der Waals surface area contributed by atoms with Gasteiger partial charge in [0.1, 0.15) is 0 Å². The van der Waals surface area contributed by atoms with E-state index in [9.17, 15) is 4.79 Å². The lowest BCUT2D eigenvalue weighted by atomic mass is 10.0. The van der Waals surface area contributed by atoms with Gasteiger partial charge < -0.3 is 0 Å². The number of carbonyl (C=O) groups is 1. The molecule has 1 nitrogen and oxygen atoms in total. The molecule has 3 rings (SSSR count). The average molecular weight is 318 g/mol. The van der Waals surface area contributed by atoms with Gasteiger partial charge >= 0.3 is 0 Å². The fourth-order valence-electron chi connectivity index (χ4n) is 2.41. The Balaban J connectivity index is 1.94. The van der Waals surface area contributed by atoms with Crippen LogP contribution in [-0.2, 0) is 0 Å². The lowest BCUT2D eigenvalue weighted by Gasteiger charge is -2.16. The Labute approximate surface area is 141 Å². The van der Waals surface area contributed by atoms with E-state index in [1.54, 1.807) is 11.8 Å². The topological polar surface area (TPSA) is 17.1 Å². The van der Waals surface area contributed by atoms with Crippen LogP contribution >= 0.6 is 11.8 Å². The van der Waals surface area contributed by atoms with Gasteiger partial charge in [0.15, 0.2) is 5.78 Å². The zero-order chi connectivity index (χ0) is 16.1. The molecule has 0 unspecified atom stereocenters. The predicted molar refractivity (Wildman–Crippen MR) is 97.0 cm³/mol. The molecule has 0 N–H and O–H groups in total. The number of carbonyl (C=O) groups excluding carboxylic acids is 1. The third-order valence-corrected chi connectivity index (χ3v) is 4.94. The summed E-state index contributed by atoms with van der Waals surface area (Å²) in [7, 11) is 0. The summed E-state index contributed by atoms with van der Waals surface area (Å²) in [5.41, 5.74) is 3.01. The van der Waals surface area contributed by atoms with Crippen molar-refractivity contribution in [3.63, 3.8) is 0 Å². The maximum atomic E-state index is 13.0. The van der Waals surface area contributed by atoms with E-state index in [0.717, 1.165) is 16.0 Å². The number of rotatable bonds is 5. The van der Waals surface area contributed by atoms with E-state index in [2.05, 4.69) is 31.2 Å². The van der Waals surface area contributed by atoms with Crippen molar-refractivity contribution in [3.05, 3.63) is 102 Å². The van der Waals surface area contributed by atoms with Crippen LogP contribution in [0.25, 0.3) is 0 Å². The van der Waals surface area contributed by atoms with Crippen LogP contribution in [0.1, 0.15) is 26.7 Å². The number of aryl methyl sites for hydroxylation is 1. The van der Waals surface area contributed by atoms with Crippen molar-refractivity contribution in [2.75, 3.05) is 0 Å². The highest BCUT2D eigenvalue weighted by Gasteiger charge is 2.23. The lowest BCUT2D eigenvalue weighted by Crippen LogP contribution is -2.09. The normalized spacial score (nSPS) is 11.9. The molecule has 114 valence electrons. The van der Waals surface area contributed by atoms with Gasteiger partial charge in [0.05, 0.1) is 5.25 Å². The Morgan fingerprint density at radius 2 is 1.35 bits per heavy atom. The van der Waals surface area contributed by atoms with E-state index in [1.807, 2.05) is 60.7 Å². The smallest absolute Gasteiger partial charge is 0.180 e. The van der Waals surface area contributed by atoms with Gasteiger partial charge in [-0.1, -0.05) is 78.4 Å². The van der Waals surface area contributed by atoms with Crippen LogP contribution in [-0.4, -0.2) is 5.78 Å². The molecule has 0 saturated heterocycles. The first kappa shape index (κ1) is 15.6. The van der Waals surface area contributed by atoms with Crippen molar-refractivity contribution in [1.82, 2.24) is 0 Å². The molecule has 0 radical (unpaired) electrons. The van der Waals surface area contributed by atoms with Gasteiger partial charge in [-0.05, 0) is 24.6 Å². The first-order valence-electron chi connectivity index (χ1n) is 7.61. The summed E-state index contributed by atoms with van der Waals surface area (Å²) in [6, 6.07) is 27.8. The number of benzene rings is 3. The first-order chi connectivity index (χ1) is 11.2. The molecule has 0 amide bonds. The third kappa shape index (κ3) is 3.91. The van der Waals surface area contributed by atoms with Crippen LogP contribution in [0.4, 0.5) is 0 Å². The fraction of sp³-hybridized carbons (Fsp3) is 0.0952. The average Bonchev–Trinajstić information content (AvgIpc) is 2.62. The Bertz CT molecular complexity index is 764. The fourth-order valence-corrected chi connectivity index (χ4v) is 3.51. The Kier molecular flexibility index (Phi) is 4.94. The van der Waals surface area contributed by atoms with Crippen molar-refractivity contribution in [2.45, 2.75) is 17.1 Å². The Hall–Kier alpha value is -2.32. The van der Waals surface area contributed by atoms with E-state index in [-0.39, 0.29) is 11.0 Å². The number of hydrogen-bond donors (Lipinski definition) is 0. The second-order valence-corrected chi connectivity index (χ2v) is 6.63. The standard InChI is InChI=1S/C21H18OS/c1-16-12-14-19(15-13-16)23-21(18-10-6-3-7-11-18)20(22)17-8-4-2-5-9-17/h2-15,21H,1H3/t21-/m0/s1. The molecule has 0 spiro atoms. The van der Waals surface area contributed by atoms with Crippen LogP contribution in [0.15, 0.2) is 89.8 Å². The van der Waals surface area contributed by atoms with Crippen LogP contribution in [0.3, 0.4) is 0 Å². The van der Waals surface area contributed by atoms with Crippen molar-refractivity contribution in [2.24, 2.45) is 0 Å². The highest BCUT2D eigenvalue weighted by molar-refractivity contribution is 8.00. The maximum absolute atomic E-state index is 13.0. The zero-order valence-electron chi connectivity index (χ0n) is 13.0. The largest absolute Gasteiger partial charge is 0.293 e. The molecule has 1 atom stereocenters. The molecule has 0 aliphatic heterocycles. The maximum Gasteiger partial charge on any atom is 0.180 e. The van der Waals surface area contributed by atoms with Gasteiger partial charge in [0, 0.05) is 10.5 Å². The monoisotopic (exact) mass is 318 g/mol. The second kappa shape index (κ2) is 7.30. The minimum atomic E-state index is -0.235. The van der Waals surface area contributed by atoms with Gasteiger partial charge in [0.25, 0.3) is 0 Å². The van der Waals surface area contributed by atoms with E-state index in [0.29, 0.717) is 0 Å². The van der Waals surface area contributed by atoms with Crippen LogP contribution < -0.4 is 0 Å². The Morgan fingerprint density at radius 1 is 0.783 bits per heavy atom. The van der Waals surface area contributed by atoms with Crippen molar-refractivity contribution in [3.8, 4) is 0 Å². The van der Waals surface area contributed by atoms with E-state index in [1.165, 1.54) is 5.56 Å². The minimum absolute atomic E-state index is 0.141. The van der Waals surface area contributed by atoms with Crippen molar-refractivity contribution < 1.29 is 4.79 Å². The summed E-state index contributed by atoms with van der Waals surface area (Å²) in [4.78, 5) is 14.1. The Morgan fingerprint density at radius 3 is 1.96 bits per heavy atom. The van der Waals surface area contributed by atoms with Crippen LogP contribution in [0, 0.1) is 6.92 Å². The molecule has 0 aliphatic rings. The van der Waals surface area contributed by atoms with E-state index in [4.69, 9.17) is 0 Å². The van der Waals surface area contributed by atoms with Crippen molar-refractivity contribution in [1.29, 1.82) is 0 Å². The second-order valence-electron chi connectivity index (χ2n) is 5.45. The van der Waals surface area contributed by atoms with Gasteiger partial charge in [0.2, 0.25) is 0 Å². The molecule has 0 fully saturated rings. The number of thioether (sulfide) groups is 1. The zero-order valence-corrected chi connectivity index (χ0v) is 13.8. The molecule has 23 heavy (non-hydrogen) atoms. The summed E-state index contributed by atoms with van der Waals surface area (Å²) in [6.07, 6.45) is 0. The van der Waals surface area contributed by atoms with Crippen LogP contribution in [0.5, 0.6) is 0 Å². The van der Waals surface area contributed by atoms with Gasteiger partial charge in [-0.15, -0.1) is 11.8 Å². The molecule has 0 bridgehead atoms. The summed E-state index contributed by atoms with van der Waals surface area (Å²) in [5, 5.41) is -0.235. The molecule has 0 saturated carbocycles. The summed E-state index contributed by atoms with van der Waals surface area (Å²) < 4.78 is 0. The number of hydrogen-bond acceptors (Lipinski definition) is 2. The summed E-state index contributed by atoms with van der Waals surface area (Å²) in [6.45, 7) is 2.07. The molecule has 3 aromatic carbocycles. The summed E-state index contributed by atoms with van der Waals surface area (Å²) >= 11 is 1.60. The lowest BCUT2D eigenvalue weighted by molar-refractivity contribution is 0.0989. The highest BCUT2D eigenvalue weighted by atomic mass is 32.2. The summed E-state index contributed by atoms with van der Waals surface area (Å²) in [5.74, 6) is 0.141.